The van der Waals surface area contributed by atoms with Gasteiger partial charge in [0, 0.05) is 45.2 Å². The molecule has 2 saturated heterocycles. The summed E-state index contributed by atoms with van der Waals surface area (Å²) in [7, 11) is 0. The average molecular weight is 409 g/mol. The molecule has 3 atom stereocenters. The molecule has 2 N–H and O–H groups in total. The maximum Gasteiger partial charge on any atom is 0.239 e. The quantitative estimate of drug-likeness (QED) is 0.761. The van der Waals surface area contributed by atoms with Crippen LogP contribution in [0.25, 0.3) is 0 Å². The van der Waals surface area contributed by atoms with Crippen molar-refractivity contribution in [3.63, 3.8) is 0 Å². The number of nitrogens with zero attached hydrogens (tertiary/aromatic N) is 3. The Labute approximate surface area is 169 Å². The lowest BCUT2D eigenvalue weighted by Crippen LogP contribution is -2.56. The van der Waals surface area contributed by atoms with E-state index in [9.17, 15) is 9.59 Å². The van der Waals surface area contributed by atoms with Crippen LogP contribution >= 0.6 is 24.8 Å². The largest absolute Gasteiger partial charge is 0.341 e. The van der Waals surface area contributed by atoms with Crippen molar-refractivity contribution < 1.29 is 9.59 Å². The van der Waals surface area contributed by atoms with Crippen LogP contribution in [-0.4, -0.2) is 78.4 Å². The summed E-state index contributed by atoms with van der Waals surface area (Å²) in [4.78, 5) is 31.5. The predicted molar refractivity (Wildman–Crippen MR) is 108 cm³/mol. The number of halogens is 2. The summed E-state index contributed by atoms with van der Waals surface area (Å²) < 4.78 is 0. The zero-order valence-electron chi connectivity index (χ0n) is 15.8. The molecule has 8 heteroatoms. The molecule has 0 aromatic carbocycles. The van der Waals surface area contributed by atoms with Gasteiger partial charge in [-0.05, 0) is 45.1 Å². The minimum Gasteiger partial charge on any atom is -0.341 e. The molecule has 3 rings (SSSR count). The first-order valence-electron chi connectivity index (χ1n) is 9.63. The number of hydrogen-bond donors (Lipinski definition) is 1. The average Bonchev–Trinajstić information content (AvgIpc) is 3.31. The van der Waals surface area contributed by atoms with Gasteiger partial charge >= 0.3 is 0 Å². The van der Waals surface area contributed by atoms with E-state index in [0.717, 1.165) is 71.4 Å². The van der Waals surface area contributed by atoms with Crippen LogP contribution in [0.1, 0.15) is 39.0 Å². The minimum atomic E-state index is -0.0661. The van der Waals surface area contributed by atoms with Crippen LogP contribution in [0.15, 0.2) is 0 Å². The Balaban J connectivity index is 0.00000169. The van der Waals surface area contributed by atoms with Gasteiger partial charge in [0.15, 0.2) is 0 Å². The highest BCUT2D eigenvalue weighted by atomic mass is 35.5. The second-order valence-electron chi connectivity index (χ2n) is 7.60. The molecular formula is C18H34Cl2N4O2. The number of carbonyl (C=O) groups excluding carboxylic acids is 2. The molecule has 0 radical (unpaired) electrons. The van der Waals surface area contributed by atoms with Crippen molar-refractivity contribution in [2.45, 2.75) is 45.1 Å². The third-order valence-corrected chi connectivity index (χ3v) is 6.23. The molecule has 2 heterocycles. The molecule has 3 aliphatic rings. The summed E-state index contributed by atoms with van der Waals surface area (Å²) >= 11 is 0. The number of likely N-dealkylation sites (tertiary alicyclic amines) is 1. The van der Waals surface area contributed by atoms with Crippen LogP contribution in [0.2, 0.25) is 0 Å². The van der Waals surface area contributed by atoms with E-state index in [1.807, 2.05) is 16.7 Å². The monoisotopic (exact) mass is 408 g/mol. The standard InChI is InChI=1S/C18H32N4O2.2ClH/c1-14(17(23)21-7-2-3-8-21)20-9-11-22(12-10-20)18(24)16-6-4-5-15(16)13-19;;/h14-16H,2-13,19H2,1H3;2*1H/t14?,15-,16-;;/m1../s1. The summed E-state index contributed by atoms with van der Waals surface area (Å²) in [6, 6.07) is -0.0661. The number of amides is 2. The molecule has 0 spiro atoms. The van der Waals surface area contributed by atoms with Crippen molar-refractivity contribution in [3.05, 3.63) is 0 Å². The van der Waals surface area contributed by atoms with Crippen molar-refractivity contribution in [1.82, 2.24) is 14.7 Å². The van der Waals surface area contributed by atoms with Crippen molar-refractivity contribution in [2.75, 3.05) is 45.8 Å². The van der Waals surface area contributed by atoms with Crippen molar-refractivity contribution >= 4 is 36.6 Å². The summed E-state index contributed by atoms with van der Waals surface area (Å²) in [6.45, 7) is 7.53. The van der Waals surface area contributed by atoms with Crippen molar-refractivity contribution in [2.24, 2.45) is 17.6 Å². The maximum atomic E-state index is 12.8. The topological polar surface area (TPSA) is 69.9 Å². The Morgan fingerprint density at radius 2 is 1.54 bits per heavy atom. The zero-order valence-corrected chi connectivity index (χ0v) is 17.4. The Bertz CT molecular complexity index is 466. The van der Waals surface area contributed by atoms with E-state index in [-0.39, 0.29) is 42.7 Å². The fourth-order valence-corrected chi connectivity index (χ4v) is 4.57. The van der Waals surface area contributed by atoms with Gasteiger partial charge < -0.3 is 15.5 Å². The highest BCUT2D eigenvalue weighted by molar-refractivity contribution is 5.85. The molecule has 26 heavy (non-hydrogen) atoms. The Morgan fingerprint density at radius 1 is 0.923 bits per heavy atom. The molecule has 3 fully saturated rings. The molecule has 1 aliphatic carbocycles. The highest BCUT2D eigenvalue weighted by Gasteiger charge is 2.37. The highest BCUT2D eigenvalue weighted by Crippen LogP contribution is 2.32. The van der Waals surface area contributed by atoms with Gasteiger partial charge in [0.25, 0.3) is 0 Å². The molecule has 0 aromatic rings. The fourth-order valence-electron chi connectivity index (χ4n) is 4.57. The van der Waals surface area contributed by atoms with Crippen LogP contribution in [-0.2, 0) is 9.59 Å². The van der Waals surface area contributed by atoms with Crippen molar-refractivity contribution in [3.8, 4) is 0 Å². The van der Waals surface area contributed by atoms with E-state index >= 15 is 0 Å². The summed E-state index contributed by atoms with van der Waals surface area (Å²) in [5.41, 5.74) is 5.83. The first-order chi connectivity index (χ1) is 11.6. The van der Waals surface area contributed by atoms with Crippen LogP contribution in [0.3, 0.4) is 0 Å². The molecule has 2 aliphatic heterocycles. The van der Waals surface area contributed by atoms with Crippen LogP contribution in [0.5, 0.6) is 0 Å². The molecular weight excluding hydrogens is 375 g/mol. The predicted octanol–water partition coefficient (Wildman–Crippen LogP) is 1.36. The van der Waals surface area contributed by atoms with Crippen LogP contribution in [0, 0.1) is 11.8 Å². The van der Waals surface area contributed by atoms with Gasteiger partial charge in [0.1, 0.15) is 0 Å². The second kappa shape index (κ2) is 10.7. The van der Waals surface area contributed by atoms with Crippen LogP contribution in [0.4, 0.5) is 0 Å². The van der Waals surface area contributed by atoms with Gasteiger partial charge in [-0.1, -0.05) is 6.42 Å². The van der Waals surface area contributed by atoms with E-state index in [0.29, 0.717) is 18.4 Å². The molecule has 0 aromatic heterocycles. The summed E-state index contributed by atoms with van der Waals surface area (Å²) in [5.74, 6) is 1.05. The first-order valence-corrected chi connectivity index (χ1v) is 9.63. The number of hydrogen-bond acceptors (Lipinski definition) is 4. The molecule has 1 unspecified atom stereocenters. The molecule has 1 saturated carbocycles. The maximum absolute atomic E-state index is 12.8. The fraction of sp³-hybridized carbons (Fsp3) is 0.889. The number of piperazine rings is 1. The normalized spacial score (nSPS) is 27.6. The number of rotatable bonds is 4. The van der Waals surface area contributed by atoms with E-state index < -0.39 is 0 Å². The van der Waals surface area contributed by atoms with Gasteiger partial charge in [-0.25, -0.2) is 0 Å². The van der Waals surface area contributed by atoms with Gasteiger partial charge in [0.2, 0.25) is 11.8 Å². The first kappa shape index (κ1) is 23.5. The van der Waals surface area contributed by atoms with E-state index in [4.69, 9.17) is 5.73 Å². The van der Waals surface area contributed by atoms with Gasteiger partial charge in [-0.2, -0.15) is 0 Å². The SMILES string of the molecule is CC(C(=O)N1CCCC1)N1CCN(C(=O)[C@@H]2CCC[C@@H]2CN)CC1.Cl.Cl. The Morgan fingerprint density at radius 3 is 2.12 bits per heavy atom. The Kier molecular flexibility index (Phi) is 9.65. The molecule has 2 amide bonds. The van der Waals surface area contributed by atoms with Gasteiger partial charge in [0.05, 0.1) is 6.04 Å². The van der Waals surface area contributed by atoms with E-state index in [1.54, 1.807) is 0 Å². The van der Waals surface area contributed by atoms with Gasteiger partial charge in [-0.15, -0.1) is 24.8 Å². The molecule has 0 bridgehead atoms. The molecule has 152 valence electrons. The van der Waals surface area contributed by atoms with Crippen molar-refractivity contribution in [1.29, 1.82) is 0 Å². The minimum absolute atomic E-state index is 0. The summed E-state index contributed by atoms with van der Waals surface area (Å²) in [5, 5.41) is 0. The van der Waals surface area contributed by atoms with Crippen LogP contribution < -0.4 is 5.73 Å². The van der Waals surface area contributed by atoms with E-state index in [2.05, 4.69) is 4.90 Å². The lowest BCUT2D eigenvalue weighted by atomic mass is 9.94. The lowest BCUT2D eigenvalue weighted by molar-refractivity contribution is -0.140. The second-order valence-corrected chi connectivity index (χ2v) is 7.60. The molecule has 6 nitrogen and oxygen atoms in total. The lowest BCUT2D eigenvalue weighted by Gasteiger charge is -2.39. The van der Waals surface area contributed by atoms with Gasteiger partial charge in [-0.3, -0.25) is 14.5 Å². The smallest absolute Gasteiger partial charge is 0.239 e. The third kappa shape index (κ3) is 5.03. The zero-order chi connectivity index (χ0) is 17.1. The van der Waals surface area contributed by atoms with E-state index in [1.165, 1.54) is 0 Å². The number of carbonyl (C=O) groups is 2. The number of nitrogens with two attached hydrogens (primary N) is 1. The Hall–Kier alpha value is -0.560. The summed E-state index contributed by atoms with van der Waals surface area (Å²) in [6.07, 6.45) is 5.47. The third-order valence-electron chi connectivity index (χ3n) is 6.23.